The van der Waals surface area contributed by atoms with Gasteiger partial charge < -0.3 is 4.74 Å². The van der Waals surface area contributed by atoms with Crippen LogP contribution in [0, 0.1) is 17.8 Å². The van der Waals surface area contributed by atoms with Crippen LogP contribution in [0.15, 0.2) is 0 Å². The highest BCUT2D eigenvalue weighted by molar-refractivity contribution is 14.1. The van der Waals surface area contributed by atoms with E-state index in [1.165, 1.54) is 0 Å². The van der Waals surface area contributed by atoms with Crippen molar-refractivity contribution < 1.29 is 4.74 Å². The van der Waals surface area contributed by atoms with Gasteiger partial charge in [-0.3, -0.25) is 0 Å². The molecule has 0 amide bonds. The molecule has 1 heterocycles. The molecule has 72 valence electrons. The van der Waals surface area contributed by atoms with Crippen molar-refractivity contribution in [3.63, 3.8) is 0 Å². The van der Waals surface area contributed by atoms with Gasteiger partial charge in [-0.1, -0.05) is 43.4 Å². The number of alkyl halides is 1. The number of hydrogen-bond acceptors (Lipinski definition) is 1. The number of rotatable bonds is 1. The van der Waals surface area contributed by atoms with Crippen molar-refractivity contribution in [3.05, 3.63) is 0 Å². The van der Waals surface area contributed by atoms with Crippen LogP contribution in [0.2, 0.25) is 0 Å². The number of halogens is 1. The summed E-state index contributed by atoms with van der Waals surface area (Å²) in [5.41, 5.74) is 0. The van der Waals surface area contributed by atoms with Crippen molar-refractivity contribution in [2.45, 2.75) is 39.9 Å². The first-order valence-electron chi connectivity index (χ1n) is 4.79. The molecule has 1 nitrogen and oxygen atoms in total. The van der Waals surface area contributed by atoms with Crippen molar-refractivity contribution in [3.8, 4) is 0 Å². The summed E-state index contributed by atoms with van der Waals surface area (Å²) < 4.78 is 7.05. The summed E-state index contributed by atoms with van der Waals surface area (Å²) in [4.78, 5) is 0. The van der Waals surface area contributed by atoms with E-state index in [4.69, 9.17) is 4.74 Å². The van der Waals surface area contributed by atoms with Crippen LogP contribution < -0.4 is 0 Å². The maximum atomic E-state index is 5.92. The lowest BCUT2D eigenvalue weighted by Crippen LogP contribution is -2.44. The zero-order valence-corrected chi connectivity index (χ0v) is 10.5. The van der Waals surface area contributed by atoms with E-state index < -0.39 is 0 Å². The zero-order chi connectivity index (χ0) is 9.30. The molecule has 0 aromatic heterocycles. The van der Waals surface area contributed by atoms with Gasteiger partial charge in [-0.25, -0.2) is 0 Å². The molecule has 0 aliphatic carbocycles. The Morgan fingerprint density at radius 1 is 1.00 bits per heavy atom. The van der Waals surface area contributed by atoms with Gasteiger partial charge in [0.05, 0.1) is 12.2 Å². The van der Waals surface area contributed by atoms with E-state index in [2.05, 4.69) is 50.3 Å². The summed E-state index contributed by atoms with van der Waals surface area (Å²) >= 11 is 2.42. The van der Waals surface area contributed by atoms with Crippen LogP contribution in [-0.4, -0.2) is 16.6 Å². The normalized spacial score (nSPS) is 49.2. The van der Waals surface area contributed by atoms with Gasteiger partial charge in [0, 0.05) is 4.43 Å². The van der Waals surface area contributed by atoms with E-state index in [-0.39, 0.29) is 0 Å². The molecule has 0 aromatic rings. The van der Waals surface area contributed by atoms with Crippen LogP contribution in [0.1, 0.15) is 27.7 Å². The van der Waals surface area contributed by atoms with Crippen LogP contribution in [0.3, 0.4) is 0 Å². The van der Waals surface area contributed by atoms with Crippen LogP contribution >= 0.6 is 22.6 Å². The van der Waals surface area contributed by atoms with E-state index in [9.17, 15) is 0 Å². The fraction of sp³-hybridized carbons (Fsp3) is 1.00. The molecule has 2 heteroatoms. The Bertz CT molecular complexity index is 144. The lowest BCUT2D eigenvalue weighted by atomic mass is 9.77. The first-order chi connectivity index (χ1) is 5.57. The average Bonchev–Trinajstić information content (AvgIpc) is 2.08. The summed E-state index contributed by atoms with van der Waals surface area (Å²) in [6.07, 6.45) is 0.919. The molecule has 0 radical (unpaired) electrons. The fourth-order valence-electron chi connectivity index (χ4n) is 1.95. The molecule has 0 aromatic carbocycles. The highest BCUT2D eigenvalue weighted by Gasteiger charge is 2.35. The molecule has 1 saturated heterocycles. The molecule has 0 N–H and O–H groups in total. The van der Waals surface area contributed by atoms with Crippen LogP contribution in [0.4, 0.5) is 0 Å². The Morgan fingerprint density at radius 2 is 1.58 bits per heavy atom. The predicted molar refractivity (Wildman–Crippen MR) is 60.7 cm³/mol. The number of hydrogen-bond donors (Lipinski definition) is 0. The van der Waals surface area contributed by atoms with Gasteiger partial charge in [0.2, 0.25) is 0 Å². The Balaban J connectivity index is 2.63. The van der Waals surface area contributed by atoms with Crippen LogP contribution in [-0.2, 0) is 4.74 Å². The lowest BCUT2D eigenvalue weighted by Gasteiger charge is -2.42. The van der Waals surface area contributed by atoms with Gasteiger partial charge in [-0.05, 0) is 24.7 Å². The molecule has 1 unspecified atom stereocenters. The SMILES string of the molecule is CC1O[C@@H](CI)[C@@H](C)[C@@H](C)[C@H]1C. The van der Waals surface area contributed by atoms with Crippen molar-refractivity contribution in [1.29, 1.82) is 0 Å². The maximum Gasteiger partial charge on any atom is 0.0696 e. The summed E-state index contributed by atoms with van der Waals surface area (Å²) in [6.45, 7) is 9.17. The molecular weight excluding hydrogens is 263 g/mol. The molecule has 1 fully saturated rings. The van der Waals surface area contributed by atoms with Crippen molar-refractivity contribution >= 4 is 22.6 Å². The van der Waals surface area contributed by atoms with Crippen LogP contribution in [0.25, 0.3) is 0 Å². The summed E-state index contributed by atoms with van der Waals surface area (Å²) in [5, 5.41) is 0. The van der Waals surface area contributed by atoms with Crippen molar-refractivity contribution in [1.82, 2.24) is 0 Å². The van der Waals surface area contributed by atoms with Gasteiger partial charge in [-0.15, -0.1) is 0 Å². The monoisotopic (exact) mass is 282 g/mol. The molecule has 1 aliphatic heterocycles. The first-order valence-corrected chi connectivity index (χ1v) is 6.32. The molecule has 1 aliphatic rings. The molecule has 12 heavy (non-hydrogen) atoms. The summed E-state index contributed by atoms with van der Waals surface area (Å²) in [6, 6.07) is 0. The van der Waals surface area contributed by atoms with Crippen LogP contribution in [0.5, 0.6) is 0 Å². The highest BCUT2D eigenvalue weighted by Crippen LogP contribution is 2.35. The minimum atomic E-state index is 0.441. The second kappa shape index (κ2) is 4.27. The Hall–Kier alpha value is 0.690. The smallest absolute Gasteiger partial charge is 0.0696 e. The quantitative estimate of drug-likeness (QED) is 0.530. The average molecular weight is 282 g/mol. The summed E-state index contributed by atoms with van der Waals surface area (Å²) in [5.74, 6) is 2.22. The van der Waals surface area contributed by atoms with Gasteiger partial charge in [0.15, 0.2) is 0 Å². The largest absolute Gasteiger partial charge is 0.374 e. The maximum absolute atomic E-state index is 5.92. The minimum absolute atomic E-state index is 0.441. The third-order valence-corrected chi connectivity index (χ3v) is 4.40. The van der Waals surface area contributed by atoms with Gasteiger partial charge in [-0.2, -0.15) is 0 Å². The molecular formula is C10H19IO. The van der Waals surface area contributed by atoms with Gasteiger partial charge >= 0.3 is 0 Å². The van der Waals surface area contributed by atoms with E-state index in [1.54, 1.807) is 0 Å². The summed E-state index contributed by atoms with van der Waals surface area (Å²) in [7, 11) is 0. The number of ether oxygens (including phenoxy) is 1. The second-order valence-electron chi connectivity index (χ2n) is 4.11. The van der Waals surface area contributed by atoms with Gasteiger partial charge in [0.1, 0.15) is 0 Å². The zero-order valence-electron chi connectivity index (χ0n) is 8.38. The Kier molecular flexibility index (Phi) is 3.83. The van der Waals surface area contributed by atoms with Crippen molar-refractivity contribution in [2.75, 3.05) is 4.43 Å². The molecule has 5 atom stereocenters. The fourth-order valence-corrected chi connectivity index (χ4v) is 2.96. The second-order valence-corrected chi connectivity index (χ2v) is 4.99. The van der Waals surface area contributed by atoms with E-state index >= 15 is 0 Å². The Morgan fingerprint density at radius 3 is 2.08 bits per heavy atom. The molecule has 0 bridgehead atoms. The minimum Gasteiger partial charge on any atom is -0.374 e. The van der Waals surface area contributed by atoms with E-state index in [0.29, 0.717) is 24.0 Å². The van der Waals surface area contributed by atoms with Crippen molar-refractivity contribution in [2.24, 2.45) is 17.8 Å². The third-order valence-electron chi connectivity index (χ3n) is 3.53. The topological polar surface area (TPSA) is 9.23 Å². The standard InChI is InChI=1S/C10H19IO/c1-6-7(2)9(4)12-10(5-11)8(6)3/h6-10H,5H2,1-4H3/t6-,7+,8-,9?,10-/m0/s1. The van der Waals surface area contributed by atoms with E-state index in [1.807, 2.05) is 0 Å². The highest BCUT2D eigenvalue weighted by atomic mass is 127. The Labute approximate surface area is 89.4 Å². The van der Waals surface area contributed by atoms with E-state index in [0.717, 1.165) is 10.3 Å². The molecule has 0 spiro atoms. The van der Waals surface area contributed by atoms with Gasteiger partial charge in [0.25, 0.3) is 0 Å². The predicted octanol–water partition coefficient (Wildman–Crippen LogP) is 3.12. The third kappa shape index (κ3) is 1.95. The lowest BCUT2D eigenvalue weighted by molar-refractivity contribution is -0.112. The molecule has 0 saturated carbocycles. The molecule has 1 rings (SSSR count). The first kappa shape index (κ1) is 10.8.